The molecule has 2 rings (SSSR count). The Morgan fingerprint density at radius 1 is 1.27 bits per heavy atom. The number of amides is 1. The van der Waals surface area contributed by atoms with E-state index in [9.17, 15) is 9.18 Å². The summed E-state index contributed by atoms with van der Waals surface area (Å²) >= 11 is 0. The van der Waals surface area contributed by atoms with Crippen LogP contribution in [0.1, 0.15) is 6.42 Å². The molecule has 0 radical (unpaired) electrons. The van der Waals surface area contributed by atoms with Crippen LogP contribution in [0.3, 0.4) is 0 Å². The molecule has 1 heterocycles. The van der Waals surface area contributed by atoms with Gasteiger partial charge in [0.05, 0.1) is 0 Å². The first-order valence-corrected chi connectivity index (χ1v) is 4.75. The van der Waals surface area contributed by atoms with Gasteiger partial charge in [-0.25, -0.2) is 4.39 Å². The normalized spacial score (nSPS) is 15.5. The van der Waals surface area contributed by atoms with E-state index in [1.807, 2.05) is 0 Å². The molecule has 78 valence electrons. The minimum Gasteiger partial charge on any atom is -0.359 e. The number of halogens is 1. The summed E-state index contributed by atoms with van der Waals surface area (Å²) in [5.74, 6) is -0.359. The van der Waals surface area contributed by atoms with E-state index in [1.54, 1.807) is 12.1 Å². The number of hydrogen-bond acceptors (Lipinski definition) is 2. The molecule has 1 aromatic carbocycles. The summed E-state index contributed by atoms with van der Waals surface area (Å²) in [7, 11) is 0. The molecule has 1 aromatic rings. The van der Waals surface area contributed by atoms with E-state index < -0.39 is 0 Å². The maximum Gasteiger partial charge on any atom is 0.245 e. The number of anilines is 1. The van der Waals surface area contributed by atoms with Crippen LogP contribution in [-0.4, -0.2) is 12.5 Å². The van der Waals surface area contributed by atoms with Gasteiger partial charge in [0, 0.05) is 30.4 Å². The molecule has 0 saturated carbocycles. The molecular weight excluding hydrogens is 195 g/mol. The highest BCUT2D eigenvalue weighted by molar-refractivity contribution is 5.89. The Balaban J connectivity index is 2.08. The van der Waals surface area contributed by atoms with E-state index in [1.165, 1.54) is 18.2 Å². The number of benzene rings is 1. The first kappa shape index (κ1) is 9.71. The van der Waals surface area contributed by atoms with E-state index in [0.29, 0.717) is 6.54 Å². The van der Waals surface area contributed by atoms with Gasteiger partial charge in [0.25, 0.3) is 0 Å². The molecule has 1 amide bonds. The average Bonchev–Trinajstić information content (AvgIpc) is 2.22. The first-order chi connectivity index (χ1) is 7.24. The second-order valence-electron chi connectivity index (χ2n) is 3.34. The maximum absolute atomic E-state index is 12.6. The number of rotatable bonds is 2. The molecule has 2 N–H and O–H groups in total. The highest BCUT2D eigenvalue weighted by atomic mass is 19.1. The summed E-state index contributed by atoms with van der Waals surface area (Å²) in [5, 5.41) is 5.76. The van der Waals surface area contributed by atoms with E-state index in [4.69, 9.17) is 0 Å². The smallest absolute Gasteiger partial charge is 0.245 e. The van der Waals surface area contributed by atoms with Crippen LogP contribution in [0.5, 0.6) is 0 Å². The Morgan fingerprint density at radius 3 is 2.67 bits per heavy atom. The van der Waals surface area contributed by atoms with Crippen molar-refractivity contribution < 1.29 is 9.18 Å². The fraction of sp³-hybridized carbons (Fsp3) is 0.182. The van der Waals surface area contributed by atoms with Crippen LogP contribution in [0.15, 0.2) is 36.0 Å². The van der Waals surface area contributed by atoms with Gasteiger partial charge in [-0.3, -0.25) is 4.79 Å². The molecule has 0 atom stereocenters. The molecule has 15 heavy (non-hydrogen) atoms. The summed E-state index contributed by atoms with van der Waals surface area (Å²) < 4.78 is 12.6. The van der Waals surface area contributed by atoms with Crippen molar-refractivity contribution in [3.8, 4) is 0 Å². The largest absolute Gasteiger partial charge is 0.359 e. The Morgan fingerprint density at radius 2 is 2.00 bits per heavy atom. The van der Waals surface area contributed by atoms with Crippen molar-refractivity contribution >= 4 is 11.6 Å². The topological polar surface area (TPSA) is 41.1 Å². The summed E-state index contributed by atoms with van der Waals surface area (Å²) in [4.78, 5) is 11.0. The lowest BCUT2D eigenvalue weighted by Gasteiger charge is -2.15. The Hall–Kier alpha value is -1.84. The van der Waals surface area contributed by atoms with E-state index in [0.717, 1.165) is 17.8 Å². The predicted molar refractivity (Wildman–Crippen MR) is 55.7 cm³/mol. The fourth-order valence-corrected chi connectivity index (χ4v) is 1.42. The number of nitrogens with one attached hydrogen (secondary N) is 2. The van der Waals surface area contributed by atoms with Gasteiger partial charge in [0.15, 0.2) is 0 Å². The van der Waals surface area contributed by atoms with Crippen LogP contribution in [0.25, 0.3) is 0 Å². The summed E-state index contributed by atoms with van der Waals surface area (Å²) in [5.41, 5.74) is 1.64. The van der Waals surface area contributed by atoms with Crippen LogP contribution in [0.4, 0.5) is 10.1 Å². The van der Waals surface area contributed by atoms with Gasteiger partial charge in [-0.1, -0.05) is 0 Å². The second-order valence-corrected chi connectivity index (χ2v) is 3.34. The van der Waals surface area contributed by atoms with Crippen molar-refractivity contribution in [1.29, 1.82) is 0 Å². The molecule has 1 aliphatic heterocycles. The van der Waals surface area contributed by atoms with Crippen LogP contribution in [0, 0.1) is 5.82 Å². The monoisotopic (exact) mass is 206 g/mol. The molecule has 0 aliphatic carbocycles. The Bertz CT molecular complexity index is 398. The zero-order valence-electron chi connectivity index (χ0n) is 8.09. The number of hydrogen-bond donors (Lipinski definition) is 2. The molecule has 0 fully saturated rings. The highest BCUT2D eigenvalue weighted by Crippen LogP contribution is 2.13. The van der Waals surface area contributed by atoms with Crippen molar-refractivity contribution in [2.24, 2.45) is 0 Å². The van der Waals surface area contributed by atoms with Crippen molar-refractivity contribution in [1.82, 2.24) is 5.32 Å². The lowest BCUT2D eigenvalue weighted by Crippen LogP contribution is -2.28. The Labute approximate surface area is 87.0 Å². The molecular formula is C11H11FN2O. The van der Waals surface area contributed by atoms with E-state index in [-0.39, 0.29) is 11.7 Å². The van der Waals surface area contributed by atoms with Crippen LogP contribution >= 0.6 is 0 Å². The van der Waals surface area contributed by atoms with Crippen molar-refractivity contribution in [2.45, 2.75) is 6.42 Å². The maximum atomic E-state index is 12.6. The summed E-state index contributed by atoms with van der Waals surface area (Å²) in [6.07, 6.45) is 2.29. The quantitative estimate of drug-likeness (QED) is 0.772. The lowest BCUT2D eigenvalue weighted by molar-refractivity contribution is -0.116. The van der Waals surface area contributed by atoms with Crippen LogP contribution in [0.2, 0.25) is 0 Å². The third kappa shape index (κ3) is 2.56. The van der Waals surface area contributed by atoms with E-state index in [2.05, 4.69) is 10.6 Å². The molecule has 0 spiro atoms. The fourth-order valence-electron chi connectivity index (χ4n) is 1.42. The highest BCUT2D eigenvalue weighted by Gasteiger charge is 2.08. The van der Waals surface area contributed by atoms with Gasteiger partial charge >= 0.3 is 0 Å². The van der Waals surface area contributed by atoms with Crippen molar-refractivity contribution in [3.05, 3.63) is 41.9 Å². The van der Waals surface area contributed by atoms with Gasteiger partial charge in [-0.2, -0.15) is 0 Å². The molecule has 0 bridgehead atoms. The number of carbonyl (C=O) groups excluding carboxylic acids is 1. The third-order valence-electron chi connectivity index (χ3n) is 2.15. The average molecular weight is 206 g/mol. The van der Waals surface area contributed by atoms with Gasteiger partial charge < -0.3 is 10.6 Å². The zero-order chi connectivity index (χ0) is 10.7. The minimum atomic E-state index is -0.268. The van der Waals surface area contributed by atoms with Gasteiger partial charge in [0.2, 0.25) is 5.91 Å². The SMILES string of the molecule is O=C1C=C(Nc2ccc(F)cc2)CCN1. The molecule has 3 nitrogen and oxygen atoms in total. The Kier molecular flexibility index (Phi) is 2.67. The molecule has 0 saturated heterocycles. The van der Waals surface area contributed by atoms with Crippen molar-refractivity contribution in [3.63, 3.8) is 0 Å². The summed E-state index contributed by atoms with van der Waals surface area (Å²) in [6.45, 7) is 0.638. The van der Waals surface area contributed by atoms with Gasteiger partial charge in [-0.15, -0.1) is 0 Å². The lowest BCUT2D eigenvalue weighted by atomic mass is 10.2. The molecule has 4 heteroatoms. The molecule has 0 unspecified atom stereocenters. The zero-order valence-corrected chi connectivity index (χ0v) is 8.09. The van der Waals surface area contributed by atoms with Crippen molar-refractivity contribution in [2.75, 3.05) is 11.9 Å². The second kappa shape index (κ2) is 4.13. The van der Waals surface area contributed by atoms with E-state index >= 15 is 0 Å². The minimum absolute atomic E-state index is 0.0918. The number of carbonyl (C=O) groups is 1. The predicted octanol–water partition coefficient (Wildman–Crippen LogP) is 1.64. The van der Waals surface area contributed by atoms with Crippen LogP contribution in [-0.2, 0) is 4.79 Å². The first-order valence-electron chi connectivity index (χ1n) is 4.75. The standard InChI is InChI=1S/C11H11FN2O/c12-8-1-3-9(4-2-8)14-10-5-6-13-11(15)7-10/h1-4,7,14H,5-6H2,(H,13,15). The third-order valence-corrected chi connectivity index (χ3v) is 2.15. The molecule has 0 aromatic heterocycles. The summed E-state index contributed by atoms with van der Waals surface area (Å²) in [6, 6.07) is 6.04. The van der Waals surface area contributed by atoms with Gasteiger partial charge in [-0.05, 0) is 24.3 Å². The van der Waals surface area contributed by atoms with Gasteiger partial charge in [0.1, 0.15) is 5.82 Å². The molecule has 1 aliphatic rings. The van der Waals surface area contributed by atoms with Crippen LogP contribution < -0.4 is 10.6 Å².